The number of hydrogen-bond donors (Lipinski definition) is 0. The Morgan fingerprint density at radius 3 is 1.77 bits per heavy atom. The second-order valence-electron chi connectivity index (χ2n) is 13.6. The van der Waals surface area contributed by atoms with Gasteiger partial charge in [-0.15, -0.1) is 11.3 Å². The molecule has 12 aromatic rings. The number of para-hydroxylation sites is 3. The summed E-state index contributed by atoms with van der Waals surface area (Å²) in [4.78, 5) is 0. The van der Waals surface area contributed by atoms with Crippen LogP contribution in [0.15, 0.2) is 174 Å². The Labute approximate surface area is 301 Å². The average molecular weight is 681 g/mol. The molecular weight excluding hydrogens is 653 g/mol. The number of furan rings is 1. The zero-order valence-corrected chi connectivity index (χ0v) is 28.7. The average Bonchev–Trinajstić information content (AvgIpc) is 3.95. The van der Waals surface area contributed by atoms with Crippen LogP contribution < -0.4 is 0 Å². The van der Waals surface area contributed by atoms with Gasteiger partial charge in [0.15, 0.2) is 0 Å². The van der Waals surface area contributed by atoms with Crippen LogP contribution in [-0.4, -0.2) is 9.13 Å². The summed E-state index contributed by atoms with van der Waals surface area (Å²) in [5.41, 5.74) is 11.4. The minimum atomic E-state index is 0.897. The van der Waals surface area contributed by atoms with Gasteiger partial charge in [0.1, 0.15) is 11.2 Å². The summed E-state index contributed by atoms with van der Waals surface area (Å²) in [6.45, 7) is 0. The van der Waals surface area contributed by atoms with Crippen molar-refractivity contribution in [3.05, 3.63) is 170 Å². The van der Waals surface area contributed by atoms with E-state index in [9.17, 15) is 0 Å². The first-order valence-electron chi connectivity index (χ1n) is 17.7. The van der Waals surface area contributed by atoms with Crippen molar-refractivity contribution in [1.82, 2.24) is 9.13 Å². The van der Waals surface area contributed by atoms with E-state index in [1.165, 1.54) is 80.6 Å². The predicted octanol–water partition coefficient (Wildman–Crippen LogP) is 13.8. The third-order valence-electron chi connectivity index (χ3n) is 10.9. The molecule has 0 bridgehead atoms. The zero-order chi connectivity index (χ0) is 33.9. The molecule has 0 saturated carbocycles. The van der Waals surface area contributed by atoms with Gasteiger partial charge in [0.25, 0.3) is 0 Å². The van der Waals surface area contributed by atoms with Crippen molar-refractivity contribution in [2.24, 2.45) is 0 Å². The topological polar surface area (TPSA) is 23.0 Å². The minimum Gasteiger partial charge on any atom is -0.456 e. The van der Waals surface area contributed by atoms with E-state index in [4.69, 9.17) is 4.42 Å². The molecule has 0 N–H and O–H groups in total. The Bertz CT molecular complexity index is 3410. The maximum absolute atomic E-state index is 6.37. The van der Waals surface area contributed by atoms with E-state index < -0.39 is 0 Å². The summed E-state index contributed by atoms with van der Waals surface area (Å²) in [5, 5.41) is 9.90. The molecule has 0 amide bonds. The first-order chi connectivity index (χ1) is 25.8. The second-order valence-corrected chi connectivity index (χ2v) is 14.7. The van der Waals surface area contributed by atoms with Gasteiger partial charge in [0.05, 0.1) is 32.5 Å². The highest BCUT2D eigenvalue weighted by molar-refractivity contribution is 7.26. The van der Waals surface area contributed by atoms with Gasteiger partial charge in [-0.05, 0) is 59.7 Å². The number of benzene rings is 8. The molecule has 0 aliphatic carbocycles. The van der Waals surface area contributed by atoms with Crippen molar-refractivity contribution < 1.29 is 4.42 Å². The summed E-state index contributed by atoms with van der Waals surface area (Å²) in [6.07, 6.45) is 0. The first kappa shape index (κ1) is 28.1. The highest BCUT2D eigenvalue weighted by atomic mass is 32.1. The molecular formula is C48H28N2OS. The van der Waals surface area contributed by atoms with Crippen molar-refractivity contribution in [3.8, 4) is 22.5 Å². The van der Waals surface area contributed by atoms with E-state index in [1.54, 1.807) is 0 Å². The molecule has 4 heterocycles. The maximum atomic E-state index is 6.37. The predicted molar refractivity (Wildman–Crippen MR) is 221 cm³/mol. The maximum Gasteiger partial charge on any atom is 0.137 e. The summed E-state index contributed by atoms with van der Waals surface area (Å²) >= 11 is 1.90. The number of aromatic nitrogens is 2. The van der Waals surface area contributed by atoms with E-state index in [-0.39, 0.29) is 0 Å². The standard InChI is InChI=1S/C48H28N2OS/c1-2-12-29(13-3-1)31-17-10-18-34-35-19-11-22-42(48(35)52-47(31)34)50-39-21-8-5-16-37(39)46-41(50)27-26-40-45(46)36-15-4-7-20-38(36)49(40)30-24-25-33-32-14-6-9-23-43(32)51-44(33)28-30/h1-28H. The normalized spacial score (nSPS) is 12.2. The van der Waals surface area contributed by atoms with Gasteiger partial charge in [0.2, 0.25) is 0 Å². The van der Waals surface area contributed by atoms with Crippen LogP contribution in [0, 0.1) is 0 Å². The van der Waals surface area contributed by atoms with Gasteiger partial charge in [-0.2, -0.15) is 0 Å². The quantitative estimate of drug-likeness (QED) is 0.182. The lowest BCUT2D eigenvalue weighted by Crippen LogP contribution is -1.95. The largest absolute Gasteiger partial charge is 0.456 e. The summed E-state index contributed by atoms with van der Waals surface area (Å²) in [5.74, 6) is 0. The van der Waals surface area contributed by atoms with Gasteiger partial charge in [0, 0.05) is 59.5 Å². The molecule has 0 aliphatic heterocycles. The van der Waals surface area contributed by atoms with E-state index >= 15 is 0 Å². The van der Waals surface area contributed by atoms with E-state index in [1.807, 2.05) is 23.5 Å². The van der Waals surface area contributed by atoms with Crippen LogP contribution in [0.3, 0.4) is 0 Å². The Balaban J connectivity index is 1.16. The molecule has 12 rings (SSSR count). The number of hydrogen-bond acceptors (Lipinski definition) is 2. The smallest absolute Gasteiger partial charge is 0.137 e. The first-order valence-corrected chi connectivity index (χ1v) is 18.5. The van der Waals surface area contributed by atoms with Gasteiger partial charge >= 0.3 is 0 Å². The lowest BCUT2D eigenvalue weighted by molar-refractivity contribution is 0.668. The zero-order valence-electron chi connectivity index (χ0n) is 27.9. The molecule has 0 aliphatic rings. The molecule has 0 unspecified atom stereocenters. The molecule has 0 fully saturated rings. The Morgan fingerprint density at radius 1 is 0.385 bits per heavy atom. The van der Waals surface area contributed by atoms with Gasteiger partial charge in [-0.3, -0.25) is 0 Å². The fraction of sp³-hybridized carbons (Fsp3) is 0. The van der Waals surface area contributed by atoms with Crippen LogP contribution in [0.2, 0.25) is 0 Å². The fourth-order valence-electron chi connectivity index (χ4n) is 8.74. The monoisotopic (exact) mass is 680 g/mol. The second kappa shape index (κ2) is 10.5. The number of fused-ring (bicyclic) bond motifs is 13. The highest BCUT2D eigenvalue weighted by Crippen LogP contribution is 2.46. The lowest BCUT2D eigenvalue weighted by atomic mass is 10.0. The van der Waals surface area contributed by atoms with Crippen molar-refractivity contribution in [1.29, 1.82) is 0 Å². The van der Waals surface area contributed by atoms with Crippen LogP contribution in [-0.2, 0) is 0 Å². The van der Waals surface area contributed by atoms with Crippen molar-refractivity contribution in [2.75, 3.05) is 0 Å². The summed E-state index contributed by atoms with van der Waals surface area (Å²) in [7, 11) is 0. The number of nitrogens with zero attached hydrogens (tertiary/aromatic N) is 2. The molecule has 0 spiro atoms. The Hall–Kier alpha value is -6.62. The van der Waals surface area contributed by atoms with Gasteiger partial charge in [-0.1, -0.05) is 115 Å². The summed E-state index contributed by atoms with van der Waals surface area (Å²) in [6, 6.07) is 61.6. The number of thiophene rings is 1. The van der Waals surface area contributed by atoms with Crippen molar-refractivity contribution in [3.63, 3.8) is 0 Å². The molecule has 52 heavy (non-hydrogen) atoms. The van der Waals surface area contributed by atoms with E-state index in [2.05, 4.69) is 167 Å². The van der Waals surface area contributed by atoms with Crippen LogP contribution in [0.5, 0.6) is 0 Å². The highest BCUT2D eigenvalue weighted by Gasteiger charge is 2.22. The molecule has 4 aromatic heterocycles. The van der Waals surface area contributed by atoms with Gasteiger partial charge in [-0.25, -0.2) is 0 Å². The van der Waals surface area contributed by atoms with Crippen LogP contribution in [0.25, 0.3) is 108 Å². The lowest BCUT2D eigenvalue weighted by Gasteiger charge is -2.10. The van der Waals surface area contributed by atoms with Crippen molar-refractivity contribution >= 4 is 97.1 Å². The molecule has 0 radical (unpaired) electrons. The molecule has 0 saturated heterocycles. The van der Waals surface area contributed by atoms with Crippen molar-refractivity contribution in [2.45, 2.75) is 0 Å². The number of rotatable bonds is 3. The molecule has 3 nitrogen and oxygen atoms in total. The molecule has 242 valence electrons. The van der Waals surface area contributed by atoms with Gasteiger partial charge < -0.3 is 13.6 Å². The third-order valence-corrected chi connectivity index (χ3v) is 12.2. The molecule has 8 aromatic carbocycles. The van der Waals surface area contributed by atoms with Crippen LogP contribution >= 0.6 is 11.3 Å². The Kier molecular flexibility index (Phi) is 5.65. The van der Waals surface area contributed by atoms with E-state index in [0.29, 0.717) is 0 Å². The summed E-state index contributed by atoms with van der Waals surface area (Å²) < 4.78 is 13.9. The SMILES string of the molecule is c1ccc(-c2cccc3c2sc2c(-n4c5ccccc5c5c6c7ccccc7n(-c7ccc8c(c7)oc7ccccc78)c6ccc54)cccc23)cc1. The molecule has 4 heteroatoms. The van der Waals surface area contributed by atoms with Crippen LogP contribution in [0.1, 0.15) is 0 Å². The Morgan fingerprint density at radius 2 is 0.981 bits per heavy atom. The van der Waals surface area contributed by atoms with Crippen LogP contribution in [0.4, 0.5) is 0 Å². The minimum absolute atomic E-state index is 0.897. The molecule has 0 atom stereocenters. The van der Waals surface area contributed by atoms with E-state index in [0.717, 1.165) is 27.6 Å². The third kappa shape index (κ3) is 3.74. The fourth-order valence-corrected chi connectivity index (χ4v) is 10.1.